The molecule has 0 aliphatic rings. The van der Waals surface area contributed by atoms with Crippen LogP contribution >= 0.6 is 0 Å². The molecule has 0 atom stereocenters. The van der Waals surface area contributed by atoms with E-state index in [1.165, 1.54) is 10.6 Å². The van der Waals surface area contributed by atoms with Gasteiger partial charge in [0, 0.05) is 24.6 Å². The van der Waals surface area contributed by atoms with Crippen molar-refractivity contribution >= 4 is 17.5 Å². The average molecular weight is 323 g/mol. The highest BCUT2D eigenvalue weighted by Crippen LogP contribution is 2.25. The van der Waals surface area contributed by atoms with E-state index in [1.807, 2.05) is 18.2 Å². The second kappa shape index (κ2) is 6.46. The number of rotatable bonds is 4. The standard InChI is InChI=1S/C17H14FN5O/c1-11-13(4-2-5-14(11)18)12-7-8-15-20-17(22-23(15)10-12)21-16(24)6-3-9-19/h2,4-5,7-8,10H,3,6H2,1H3,(H,21,22,24). The molecule has 0 aliphatic heterocycles. The quantitative estimate of drug-likeness (QED) is 0.800. The van der Waals surface area contributed by atoms with Crippen LogP contribution in [0.15, 0.2) is 36.5 Å². The summed E-state index contributed by atoms with van der Waals surface area (Å²) in [5.74, 6) is -0.406. The van der Waals surface area contributed by atoms with Crippen LogP contribution in [0.4, 0.5) is 10.3 Å². The summed E-state index contributed by atoms with van der Waals surface area (Å²) in [6.07, 6.45) is 1.97. The van der Waals surface area contributed by atoms with Crippen molar-refractivity contribution in [2.24, 2.45) is 0 Å². The summed E-state index contributed by atoms with van der Waals surface area (Å²) in [5, 5.41) is 15.2. The van der Waals surface area contributed by atoms with Gasteiger partial charge in [0.25, 0.3) is 0 Å². The minimum absolute atomic E-state index is 0.0970. The van der Waals surface area contributed by atoms with Gasteiger partial charge >= 0.3 is 0 Å². The SMILES string of the molecule is Cc1c(F)cccc1-c1ccc2nc(NC(=O)CCC#N)nn2c1. The highest BCUT2D eigenvalue weighted by atomic mass is 19.1. The van der Waals surface area contributed by atoms with Gasteiger partial charge in [0.1, 0.15) is 5.82 Å². The second-order valence-electron chi connectivity index (χ2n) is 5.27. The zero-order chi connectivity index (χ0) is 17.1. The Balaban J connectivity index is 1.91. The Kier molecular flexibility index (Phi) is 4.20. The molecule has 0 spiro atoms. The first-order valence-corrected chi connectivity index (χ1v) is 7.37. The van der Waals surface area contributed by atoms with Crippen molar-refractivity contribution < 1.29 is 9.18 Å². The largest absolute Gasteiger partial charge is 0.293 e. The van der Waals surface area contributed by atoms with Gasteiger partial charge in [-0.25, -0.2) is 8.91 Å². The summed E-state index contributed by atoms with van der Waals surface area (Å²) in [6.45, 7) is 1.72. The van der Waals surface area contributed by atoms with Gasteiger partial charge in [0.15, 0.2) is 5.65 Å². The van der Waals surface area contributed by atoms with Crippen LogP contribution in [0.25, 0.3) is 16.8 Å². The number of aromatic nitrogens is 3. The maximum atomic E-state index is 13.7. The van der Waals surface area contributed by atoms with E-state index in [2.05, 4.69) is 15.4 Å². The maximum absolute atomic E-state index is 13.7. The van der Waals surface area contributed by atoms with Gasteiger partial charge in [-0.05, 0) is 36.2 Å². The van der Waals surface area contributed by atoms with Crippen molar-refractivity contribution in [2.75, 3.05) is 5.32 Å². The lowest BCUT2D eigenvalue weighted by atomic mass is 10.0. The third kappa shape index (κ3) is 3.08. The highest BCUT2D eigenvalue weighted by Gasteiger charge is 2.10. The highest BCUT2D eigenvalue weighted by molar-refractivity contribution is 5.89. The zero-order valence-corrected chi connectivity index (χ0v) is 13.0. The molecule has 1 aromatic carbocycles. The van der Waals surface area contributed by atoms with Gasteiger partial charge in [-0.1, -0.05) is 12.1 Å². The molecular formula is C17H14FN5O. The maximum Gasteiger partial charge on any atom is 0.249 e. The molecule has 3 aromatic rings. The zero-order valence-electron chi connectivity index (χ0n) is 13.0. The molecule has 0 bridgehead atoms. The van der Waals surface area contributed by atoms with Crippen molar-refractivity contribution in [3.63, 3.8) is 0 Å². The van der Waals surface area contributed by atoms with E-state index in [4.69, 9.17) is 5.26 Å². The number of nitriles is 1. The van der Waals surface area contributed by atoms with Crippen molar-refractivity contribution in [1.82, 2.24) is 14.6 Å². The van der Waals surface area contributed by atoms with Crippen LogP contribution in [0, 0.1) is 24.1 Å². The smallest absolute Gasteiger partial charge is 0.249 e. The van der Waals surface area contributed by atoms with E-state index >= 15 is 0 Å². The van der Waals surface area contributed by atoms with Crippen molar-refractivity contribution in [2.45, 2.75) is 19.8 Å². The summed E-state index contributed by atoms with van der Waals surface area (Å²) in [6, 6.07) is 10.4. The van der Waals surface area contributed by atoms with Gasteiger partial charge in [0.2, 0.25) is 11.9 Å². The molecule has 1 N–H and O–H groups in total. The number of halogens is 1. The summed E-state index contributed by atoms with van der Waals surface area (Å²) < 4.78 is 15.3. The molecule has 0 unspecified atom stereocenters. The molecule has 6 nitrogen and oxygen atoms in total. The number of fused-ring (bicyclic) bond motifs is 1. The Hall–Kier alpha value is -3.27. The number of benzene rings is 1. The molecule has 2 heterocycles. The normalized spacial score (nSPS) is 10.5. The molecule has 0 saturated carbocycles. The van der Waals surface area contributed by atoms with Crippen molar-refractivity contribution in [1.29, 1.82) is 5.26 Å². The predicted octanol–water partition coefficient (Wildman–Crippen LogP) is 3.09. The third-order valence-corrected chi connectivity index (χ3v) is 3.62. The molecule has 120 valence electrons. The first-order chi connectivity index (χ1) is 11.6. The number of nitrogens with one attached hydrogen (secondary N) is 1. The van der Waals surface area contributed by atoms with Crippen molar-refractivity contribution in [3.8, 4) is 17.2 Å². The first-order valence-electron chi connectivity index (χ1n) is 7.37. The number of carbonyl (C=O) groups excluding carboxylic acids is 1. The Bertz CT molecular complexity index is 957. The molecule has 0 saturated heterocycles. The minimum Gasteiger partial charge on any atom is -0.293 e. The van der Waals surface area contributed by atoms with Crippen LogP contribution in [0.2, 0.25) is 0 Å². The van der Waals surface area contributed by atoms with E-state index in [-0.39, 0.29) is 30.5 Å². The molecule has 24 heavy (non-hydrogen) atoms. The molecule has 0 radical (unpaired) electrons. The Morgan fingerprint density at radius 1 is 1.38 bits per heavy atom. The van der Waals surface area contributed by atoms with E-state index in [9.17, 15) is 9.18 Å². The van der Waals surface area contributed by atoms with E-state index in [1.54, 1.807) is 25.3 Å². The van der Waals surface area contributed by atoms with Crippen LogP contribution < -0.4 is 5.32 Å². The number of nitrogens with zero attached hydrogens (tertiary/aromatic N) is 4. The molecule has 7 heteroatoms. The Morgan fingerprint density at radius 2 is 2.21 bits per heavy atom. The number of amides is 1. The average Bonchev–Trinajstić information content (AvgIpc) is 2.96. The van der Waals surface area contributed by atoms with E-state index in [0.717, 1.165) is 11.1 Å². The number of hydrogen-bond donors (Lipinski definition) is 1. The summed E-state index contributed by atoms with van der Waals surface area (Å²) in [5.41, 5.74) is 2.68. The van der Waals surface area contributed by atoms with Gasteiger partial charge < -0.3 is 0 Å². The van der Waals surface area contributed by atoms with Crippen LogP contribution in [0.3, 0.4) is 0 Å². The predicted molar refractivity (Wildman–Crippen MR) is 86.6 cm³/mol. The van der Waals surface area contributed by atoms with E-state index in [0.29, 0.717) is 11.2 Å². The van der Waals surface area contributed by atoms with Crippen molar-refractivity contribution in [3.05, 3.63) is 47.9 Å². The monoisotopic (exact) mass is 323 g/mol. The lowest BCUT2D eigenvalue weighted by Gasteiger charge is -2.06. The fourth-order valence-electron chi connectivity index (χ4n) is 2.37. The van der Waals surface area contributed by atoms with Gasteiger partial charge in [-0.3, -0.25) is 10.1 Å². The fourth-order valence-corrected chi connectivity index (χ4v) is 2.37. The molecule has 0 fully saturated rings. The second-order valence-corrected chi connectivity index (χ2v) is 5.27. The number of anilines is 1. The first kappa shape index (κ1) is 15.6. The topological polar surface area (TPSA) is 83.1 Å². The fraction of sp³-hybridized carbons (Fsp3) is 0.176. The van der Waals surface area contributed by atoms with Crippen LogP contribution in [0.1, 0.15) is 18.4 Å². The number of pyridine rings is 1. The van der Waals surface area contributed by atoms with Gasteiger partial charge in [0.05, 0.1) is 6.07 Å². The molecule has 1 amide bonds. The molecule has 3 rings (SSSR count). The Labute approximate surface area is 137 Å². The summed E-state index contributed by atoms with van der Waals surface area (Å²) in [4.78, 5) is 15.8. The minimum atomic E-state index is -0.311. The van der Waals surface area contributed by atoms with Gasteiger partial charge in [-0.2, -0.15) is 10.2 Å². The number of carbonyl (C=O) groups is 1. The summed E-state index contributed by atoms with van der Waals surface area (Å²) in [7, 11) is 0. The van der Waals surface area contributed by atoms with Crippen LogP contribution in [-0.2, 0) is 4.79 Å². The van der Waals surface area contributed by atoms with Gasteiger partial charge in [-0.15, -0.1) is 5.10 Å². The summed E-state index contributed by atoms with van der Waals surface area (Å²) >= 11 is 0. The third-order valence-electron chi connectivity index (χ3n) is 3.62. The molecular weight excluding hydrogens is 309 g/mol. The van der Waals surface area contributed by atoms with E-state index < -0.39 is 0 Å². The van der Waals surface area contributed by atoms with Crippen LogP contribution in [0.5, 0.6) is 0 Å². The lowest BCUT2D eigenvalue weighted by Crippen LogP contribution is -2.12. The lowest BCUT2D eigenvalue weighted by molar-refractivity contribution is -0.116. The Morgan fingerprint density at radius 3 is 3.00 bits per heavy atom. The van der Waals surface area contributed by atoms with Crippen LogP contribution in [-0.4, -0.2) is 20.5 Å². The number of hydrogen-bond acceptors (Lipinski definition) is 4. The molecule has 0 aliphatic carbocycles. The molecule has 2 aromatic heterocycles.